The molecule has 6 nitrogen and oxygen atoms in total. The topological polar surface area (TPSA) is 67.3 Å². The maximum Gasteiger partial charge on any atom is 0.276 e. The molecule has 0 unspecified atom stereocenters. The smallest absolute Gasteiger partial charge is 0.276 e. The van der Waals surface area contributed by atoms with Gasteiger partial charge in [0.2, 0.25) is 0 Å². The second-order valence-electron chi connectivity index (χ2n) is 6.82. The zero-order valence-electron chi connectivity index (χ0n) is 15.8. The van der Waals surface area contributed by atoms with Crippen molar-refractivity contribution in [3.05, 3.63) is 65.8 Å². The van der Waals surface area contributed by atoms with E-state index in [1.807, 2.05) is 35.7 Å². The highest BCUT2D eigenvalue weighted by Gasteiger charge is 2.17. The van der Waals surface area contributed by atoms with Crippen LogP contribution in [-0.2, 0) is 0 Å². The Hall–Kier alpha value is -3.45. The van der Waals surface area contributed by atoms with Crippen molar-refractivity contribution in [2.75, 3.05) is 30.4 Å². The van der Waals surface area contributed by atoms with Crippen LogP contribution in [0.15, 0.2) is 60.1 Å². The lowest BCUT2D eigenvalue weighted by atomic mass is 10.0. The first-order valence-electron chi connectivity index (χ1n) is 9.28. The van der Waals surface area contributed by atoms with Crippen molar-refractivity contribution in [2.45, 2.75) is 0 Å². The van der Waals surface area contributed by atoms with Gasteiger partial charge in [0.15, 0.2) is 5.13 Å². The number of nitrogens with one attached hydrogen (secondary N) is 1. The van der Waals surface area contributed by atoms with Crippen molar-refractivity contribution in [1.82, 2.24) is 9.97 Å². The Labute approximate surface area is 171 Å². The van der Waals surface area contributed by atoms with E-state index >= 15 is 0 Å². The van der Waals surface area contributed by atoms with E-state index in [9.17, 15) is 4.79 Å². The van der Waals surface area contributed by atoms with Gasteiger partial charge in [-0.25, -0.2) is 9.97 Å². The van der Waals surface area contributed by atoms with Gasteiger partial charge >= 0.3 is 0 Å². The molecular formula is C22H18N4O2S. The molecule has 0 fully saturated rings. The summed E-state index contributed by atoms with van der Waals surface area (Å²) in [5, 5.41) is 6.14. The molecule has 0 spiro atoms. The van der Waals surface area contributed by atoms with Crippen LogP contribution in [-0.4, -0.2) is 36.1 Å². The molecule has 1 N–H and O–H groups in total. The van der Waals surface area contributed by atoms with Crippen LogP contribution in [0, 0.1) is 0 Å². The van der Waals surface area contributed by atoms with Crippen LogP contribution in [0.4, 0.5) is 10.8 Å². The number of rotatable bonds is 3. The number of fused-ring (bicyclic) bond motifs is 2. The molecule has 144 valence electrons. The molecular weight excluding hydrogens is 384 g/mol. The number of nitrogens with zero attached hydrogens (tertiary/aromatic N) is 3. The lowest BCUT2D eigenvalue weighted by Gasteiger charge is -2.28. The van der Waals surface area contributed by atoms with Crippen molar-refractivity contribution in [3.63, 3.8) is 0 Å². The predicted octanol–water partition coefficient (Wildman–Crippen LogP) is 4.44. The summed E-state index contributed by atoms with van der Waals surface area (Å²) in [6.45, 7) is 1.54. The monoisotopic (exact) mass is 402 g/mol. The van der Waals surface area contributed by atoms with E-state index in [1.165, 1.54) is 11.3 Å². The summed E-state index contributed by atoms with van der Waals surface area (Å²) in [6.07, 6.45) is 1.65. The van der Waals surface area contributed by atoms with E-state index in [-0.39, 0.29) is 5.91 Å². The lowest BCUT2D eigenvalue weighted by Crippen LogP contribution is -2.28. The van der Waals surface area contributed by atoms with E-state index in [0.29, 0.717) is 17.4 Å². The quantitative estimate of drug-likeness (QED) is 0.549. The summed E-state index contributed by atoms with van der Waals surface area (Å²) in [5.74, 6) is 0.595. The van der Waals surface area contributed by atoms with Gasteiger partial charge < -0.3 is 9.64 Å². The number of para-hydroxylation sites is 1. The van der Waals surface area contributed by atoms with Crippen LogP contribution >= 0.6 is 11.3 Å². The fraction of sp³-hybridized carbons (Fsp3) is 0.136. The number of amides is 1. The number of hydrogen-bond acceptors (Lipinski definition) is 6. The first kappa shape index (κ1) is 17.6. The molecule has 29 heavy (non-hydrogen) atoms. The van der Waals surface area contributed by atoms with Crippen molar-refractivity contribution in [1.29, 1.82) is 0 Å². The normalized spacial score (nSPS) is 13.1. The number of carbonyl (C=O) groups excluding carboxylic acids is 1. The van der Waals surface area contributed by atoms with Gasteiger partial charge in [0.25, 0.3) is 5.91 Å². The van der Waals surface area contributed by atoms with Crippen molar-refractivity contribution >= 4 is 39.0 Å². The summed E-state index contributed by atoms with van der Waals surface area (Å²) in [5.41, 5.74) is 4.19. The third kappa shape index (κ3) is 3.30. The molecule has 2 aromatic carbocycles. The Bertz CT molecular complexity index is 1210. The highest BCUT2D eigenvalue weighted by atomic mass is 32.1. The van der Waals surface area contributed by atoms with E-state index in [4.69, 9.17) is 4.74 Å². The fourth-order valence-electron chi connectivity index (χ4n) is 3.48. The Morgan fingerprint density at radius 3 is 3.00 bits per heavy atom. The van der Waals surface area contributed by atoms with Crippen molar-refractivity contribution in [2.24, 2.45) is 0 Å². The van der Waals surface area contributed by atoms with Crippen LogP contribution in [0.25, 0.3) is 22.0 Å². The van der Waals surface area contributed by atoms with Crippen LogP contribution < -0.4 is 15.0 Å². The van der Waals surface area contributed by atoms with Gasteiger partial charge in [-0.15, -0.1) is 11.3 Å². The lowest BCUT2D eigenvalue weighted by molar-refractivity contribution is 0.102. The van der Waals surface area contributed by atoms with Crippen molar-refractivity contribution < 1.29 is 9.53 Å². The molecule has 0 radical (unpaired) electrons. The first-order valence-corrected chi connectivity index (χ1v) is 10.2. The fourth-order valence-corrected chi connectivity index (χ4v) is 4.00. The van der Waals surface area contributed by atoms with Crippen LogP contribution in [0.1, 0.15) is 10.5 Å². The van der Waals surface area contributed by atoms with E-state index in [0.717, 1.165) is 40.0 Å². The minimum Gasteiger partial charge on any atom is -0.490 e. The number of hydrogen-bond donors (Lipinski definition) is 1. The number of carbonyl (C=O) groups is 1. The number of thiazole rings is 1. The minimum absolute atomic E-state index is 0.271. The predicted molar refractivity (Wildman–Crippen MR) is 116 cm³/mol. The number of benzene rings is 2. The Balaban J connectivity index is 1.56. The Morgan fingerprint density at radius 1 is 1.21 bits per heavy atom. The maximum absolute atomic E-state index is 12.6. The van der Waals surface area contributed by atoms with Crippen molar-refractivity contribution in [3.8, 4) is 16.9 Å². The Kier molecular flexibility index (Phi) is 4.37. The van der Waals surface area contributed by atoms with Gasteiger partial charge in [0, 0.05) is 29.6 Å². The maximum atomic E-state index is 12.6. The molecule has 2 aromatic heterocycles. The Morgan fingerprint density at radius 2 is 2.14 bits per heavy atom. The van der Waals surface area contributed by atoms with Gasteiger partial charge in [-0.2, -0.15) is 0 Å². The molecule has 0 atom stereocenters. The van der Waals surface area contributed by atoms with Gasteiger partial charge in [-0.3, -0.25) is 10.1 Å². The molecule has 3 heterocycles. The van der Waals surface area contributed by atoms with Gasteiger partial charge in [0.05, 0.1) is 17.7 Å². The van der Waals surface area contributed by atoms with Gasteiger partial charge in [-0.05, 0) is 23.8 Å². The number of anilines is 2. The van der Waals surface area contributed by atoms with E-state index < -0.39 is 0 Å². The highest BCUT2D eigenvalue weighted by Crippen LogP contribution is 2.36. The zero-order valence-corrected chi connectivity index (χ0v) is 16.6. The summed E-state index contributed by atoms with van der Waals surface area (Å²) in [7, 11) is 2.06. The summed E-state index contributed by atoms with van der Waals surface area (Å²) in [4.78, 5) is 23.6. The minimum atomic E-state index is -0.271. The van der Waals surface area contributed by atoms with E-state index in [1.54, 1.807) is 12.3 Å². The summed E-state index contributed by atoms with van der Waals surface area (Å²) < 4.78 is 5.86. The third-order valence-corrected chi connectivity index (χ3v) is 5.66. The molecule has 1 aliphatic rings. The average molecular weight is 402 g/mol. The molecule has 1 amide bonds. The van der Waals surface area contributed by atoms with Crippen LogP contribution in [0.2, 0.25) is 0 Å². The largest absolute Gasteiger partial charge is 0.490 e. The molecule has 0 saturated heterocycles. The number of ether oxygens (including phenoxy) is 1. The molecule has 1 aliphatic heterocycles. The summed E-state index contributed by atoms with van der Waals surface area (Å²) in [6, 6.07) is 15.9. The molecule has 0 saturated carbocycles. The summed E-state index contributed by atoms with van der Waals surface area (Å²) >= 11 is 1.37. The van der Waals surface area contributed by atoms with E-state index in [2.05, 4.69) is 39.4 Å². The van der Waals surface area contributed by atoms with Gasteiger partial charge in [0.1, 0.15) is 18.1 Å². The molecule has 4 aromatic rings. The third-order valence-electron chi connectivity index (χ3n) is 4.97. The van der Waals surface area contributed by atoms with Crippen LogP contribution in [0.5, 0.6) is 5.75 Å². The van der Waals surface area contributed by atoms with Crippen LogP contribution in [0.3, 0.4) is 0 Å². The average Bonchev–Trinajstić information content (AvgIpc) is 3.26. The SMILES string of the molecule is CN1CCOc2cc(-c3cccc4ccc(C(=O)Nc5nccs5)nc34)ccc21. The molecule has 5 rings (SSSR count). The highest BCUT2D eigenvalue weighted by molar-refractivity contribution is 7.13. The number of likely N-dealkylation sites (N-methyl/N-ethyl adjacent to an activating group) is 1. The zero-order chi connectivity index (χ0) is 19.8. The second-order valence-corrected chi connectivity index (χ2v) is 7.71. The standard InChI is InChI=1S/C22H18N4O2S/c1-26-10-11-28-19-13-15(6-8-18(19)26)16-4-2-3-14-5-7-17(24-20(14)16)21(27)25-22-23-9-12-29-22/h2-9,12-13H,10-11H2,1H3,(H,23,25,27). The first-order chi connectivity index (χ1) is 14.2. The van der Waals surface area contributed by atoms with Gasteiger partial charge in [-0.1, -0.05) is 30.3 Å². The number of pyridine rings is 1. The number of aromatic nitrogens is 2. The molecule has 0 aliphatic carbocycles. The molecule has 0 bridgehead atoms. The molecule has 7 heteroatoms. The second kappa shape index (κ2) is 7.18.